The van der Waals surface area contributed by atoms with Gasteiger partial charge in [0.05, 0.1) is 24.1 Å². The first-order valence-corrected chi connectivity index (χ1v) is 9.40. The van der Waals surface area contributed by atoms with Crippen LogP contribution in [-0.2, 0) is 9.53 Å². The normalized spacial score (nSPS) is 21.7. The Morgan fingerprint density at radius 2 is 1.92 bits per heavy atom. The number of carbonyl (C=O) groups is 1. The summed E-state index contributed by atoms with van der Waals surface area (Å²) >= 11 is 0. The molecule has 1 aliphatic carbocycles. The van der Waals surface area contributed by atoms with Gasteiger partial charge >= 0.3 is 5.97 Å². The summed E-state index contributed by atoms with van der Waals surface area (Å²) in [5, 5.41) is 1.06. The van der Waals surface area contributed by atoms with E-state index >= 15 is 0 Å². The van der Waals surface area contributed by atoms with Crippen LogP contribution in [0.25, 0.3) is 10.9 Å². The summed E-state index contributed by atoms with van der Waals surface area (Å²) in [6.07, 6.45) is 6.87. The fourth-order valence-electron chi connectivity index (χ4n) is 3.90. The zero-order valence-electron chi connectivity index (χ0n) is 15.1. The molecule has 0 saturated heterocycles. The molecule has 1 aromatic heterocycles. The Hall–Kier alpha value is -2.10. The van der Waals surface area contributed by atoms with E-state index in [9.17, 15) is 4.79 Å². The van der Waals surface area contributed by atoms with Crippen LogP contribution in [-0.4, -0.2) is 23.7 Å². The standard InChI is InChI=1S/C21H27NO3/c1-3-17(21(23)24-4-2)15-9-11-16(12-10-15)25-20-13-14-22-19-8-6-5-7-18(19)20/h5-8,13-17H,3-4,9-12H2,1-2H3/t15-,16+,17?. The molecule has 0 bridgehead atoms. The number of hydrogen-bond acceptors (Lipinski definition) is 4. The van der Waals surface area contributed by atoms with E-state index in [2.05, 4.69) is 18.0 Å². The summed E-state index contributed by atoms with van der Waals surface area (Å²) < 4.78 is 11.5. The highest BCUT2D eigenvalue weighted by Crippen LogP contribution is 2.35. The van der Waals surface area contributed by atoms with Crippen LogP contribution in [0.2, 0.25) is 0 Å². The Balaban J connectivity index is 1.61. The molecule has 0 amide bonds. The molecule has 1 unspecified atom stereocenters. The van der Waals surface area contributed by atoms with Crippen molar-refractivity contribution in [3.05, 3.63) is 36.5 Å². The third-order valence-corrected chi connectivity index (χ3v) is 5.22. The lowest BCUT2D eigenvalue weighted by Crippen LogP contribution is -2.32. The second kappa shape index (κ2) is 8.32. The summed E-state index contributed by atoms with van der Waals surface area (Å²) in [4.78, 5) is 16.5. The number of carbonyl (C=O) groups excluding carboxylic acids is 1. The van der Waals surface area contributed by atoms with Crippen molar-refractivity contribution in [3.8, 4) is 5.75 Å². The van der Waals surface area contributed by atoms with Crippen molar-refractivity contribution >= 4 is 16.9 Å². The second-order valence-electron chi connectivity index (χ2n) is 6.75. The number of nitrogens with zero attached hydrogens (tertiary/aromatic N) is 1. The third-order valence-electron chi connectivity index (χ3n) is 5.22. The lowest BCUT2D eigenvalue weighted by molar-refractivity contribution is -0.150. The summed E-state index contributed by atoms with van der Waals surface area (Å²) in [6.45, 7) is 4.41. The van der Waals surface area contributed by atoms with Crippen molar-refractivity contribution in [2.24, 2.45) is 11.8 Å². The molecule has 1 aromatic carbocycles. The van der Waals surface area contributed by atoms with E-state index in [-0.39, 0.29) is 18.0 Å². The minimum atomic E-state index is -0.0329. The molecule has 0 N–H and O–H groups in total. The maximum absolute atomic E-state index is 12.1. The van der Waals surface area contributed by atoms with Crippen molar-refractivity contribution in [1.29, 1.82) is 0 Å². The number of aromatic nitrogens is 1. The van der Waals surface area contributed by atoms with E-state index in [1.165, 1.54) is 0 Å². The molecule has 0 aliphatic heterocycles. The fraction of sp³-hybridized carbons (Fsp3) is 0.524. The van der Waals surface area contributed by atoms with Gasteiger partial charge in [-0.25, -0.2) is 0 Å². The molecular formula is C21H27NO3. The molecule has 1 heterocycles. The van der Waals surface area contributed by atoms with Gasteiger partial charge in [-0.15, -0.1) is 0 Å². The number of benzene rings is 1. The van der Waals surface area contributed by atoms with Crippen LogP contribution < -0.4 is 4.74 Å². The lowest BCUT2D eigenvalue weighted by Gasteiger charge is -2.32. The lowest BCUT2D eigenvalue weighted by atomic mass is 9.78. The van der Waals surface area contributed by atoms with Crippen LogP contribution in [0.5, 0.6) is 5.75 Å². The SMILES string of the molecule is CCOC(=O)C(CC)[C@H]1CC[C@@H](Oc2ccnc3ccccc23)CC1. The molecule has 1 aliphatic rings. The molecule has 0 radical (unpaired) electrons. The van der Waals surface area contributed by atoms with E-state index < -0.39 is 0 Å². The molecule has 1 saturated carbocycles. The highest BCUT2D eigenvalue weighted by atomic mass is 16.5. The monoisotopic (exact) mass is 341 g/mol. The Morgan fingerprint density at radius 1 is 1.16 bits per heavy atom. The zero-order chi connectivity index (χ0) is 17.6. The first kappa shape index (κ1) is 17.7. The van der Waals surface area contributed by atoms with Crippen molar-refractivity contribution in [3.63, 3.8) is 0 Å². The maximum Gasteiger partial charge on any atom is 0.309 e. The number of rotatable bonds is 6. The summed E-state index contributed by atoms with van der Waals surface area (Å²) in [6, 6.07) is 10.0. The zero-order valence-corrected chi connectivity index (χ0v) is 15.1. The number of pyridine rings is 1. The predicted octanol–water partition coefficient (Wildman–Crippen LogP) is 4.76. The van der Waals surface area contributed by atoms with Crippen LogP contribution in [0.4, 0.5) is 0 Å². The van der Waals surface area contributed by atoms with Gasteiger partial charge in [0.1, 0.15) is 5.75 Å². The molecule has 134 valence electrons. The topological polar surface area (TPSA) is 48.4 Å². The van der Waals surface area contributed by atoms with Crippen LogP contribution in [0.3, 0.4) is 0 Å². The van der Waals surface area contributed by atoms with Gasteiger partial charge in [0, 0.05) is 11.6 Å². The minimum absolute atomic E-state index is 0.0302. The molecule has 4 heteroatoms. The highest BCUT2D eigenvalue weighted by Gasteiger charge is 2.32. The Bertz CT molecular complexity index is 702. The Labute approximate surface area is 149 Å². The van der Waals surface area contributed by atoms with Crippen LogP contribution in [0.1, 0.15) is 46.0 Å². The smallest absolute Gasteiger partial charge is 0.309 e. The minimum Gasteiger partial charge on any atom is -0.490 e. The molecule has 4 nitrogen and oxygen atoms in total. The largest absolute Gasteiger partial charge is 0.490 e. The summed E-state index contributed by atoms with van der Waals surface area (Å²) in [5.41, 5.74) is 0.960. The van der Waals surface area contributed by atoms with Crippen molar-refractivity contribution in [1.82, 2.24) is 4.98 Å². The maximum atomic E-state index is 12.1. The van der Waals surface area contributed by atoms with Gasteiger partial charge < -0.3 is 9.47 Å². The number of ether oxygens (including phenoxy) is 2. The predicted molar refractivity (Wildman–Crippen MR) is 98.5 cm³/mol. The quantitative estimate of drug-likeness (QED) is 0.711. The molecule has 2 aromatic rings. The van der Waals surface area contributed by atoms with Gasteiger partial charge in [-0.1, -0.05) is 19.1 Å². The number of esters is 1. The van der Waals surface area contributed by atoms with E-state index in [0.717, 1.165) is 48.8 Å². The van der Waals surface area contributed by atoms with E-state index in [0.29, 0.717) is 12.5 Å². The first-order chi connectivity index (χ1) is 12.2. The molecule has 1 fully saturated rings. The van der Waals surface area contributed by atoms with Gasteiger partial charge in [0.2, 0.25) is 0 Å². The Kier molecular flexibility index (Phi) is 5.90. The molecular weight excluding hydrogens is 314 g/mol. The van der Waals surface area contributed by atoms with Gasteiger partial charge in [0.25, 0.3) is 0 Å². The van der Waals surface area contributed by atoms with E-state index in [1.807, 2.05) is 31.2 Å². The number of para-hydroxylation sites is 1. The molecule has 1 atom stereocenters. The van der Waals surface area contributed by atoms with Crippen LogP contribution in [0.15, 0.2) is 36.5 Å². The Morgan fingerprint density at radius 3 is 2.64 bits per heavy atom. The molecule has 3 rings (SSSR count). The summed E-state index contributed by atoms with van der Waals surface area (Å²) in [5.74, 6) is 1.32. The first-order valence-electron chi connectivity index (χ1n) is 9.40. The fourth-order valence-corrected chi connectivity index (χ4v) is 3.90. The molecule has 25 heavy (non-hydrogen) atoms. The highest BCUT2D eigenvalue weighted by molar-refractivity contribution is 5.84. The van der Waals surface area contributed by atoms with Crippen molar-refractivity contribution in [2.45, 2.75) is 52.1 Å². The van der Waals surface area contributed by atoms with Crippen molar-refractivity contribution < 1.29 is 14.3 Å². The van der Waals surface area contributed by atoms with Crippen molar-refractivity contribution in [2.75, 3.05) is 6.61 Å². The van der Waals surface area contributed by atoms with E-state index in [1.54, 1.807) is 6.20 Å². The van der Waals surface area contributed by atoms with Gasteiger partial charge in [-0.2, -0.15) is 0 Å². The summed E-state index contributed by atoms with van der Waals surface area (Å²) in [7, 11) is 0. The number of fused-ring (bicyclic) bond motifs is 1. The average Bonchev–Trinajstić information content (AvgIpc) is 2.64. The average molecular weight is 341 g/mol. The third kappa shape index (κ3) is 4.12. The van der Waals surface area contributed by atoms with Crippen LogP contribution >= 0.6 is 0 Å². The number of hydrogen-bond donors (Lipinski definition) is 0. The molecule has 0 spiro atoms. The van der Waals surface area contributed by atoms with Gasteiger partial charge in [-0.3, -0.25) is 9.78 Å². The van der Waals surface area contributed by atoms with E-state index in [4.69, 9.17) is 9.47 Å². The van der Waals surface area contributed by atoms with Gasteiger partial charge in [-0.05, 0) is 63.1 Å². The second-order valence-corrected chi connectivity index (χ2v) is 6.75. The van der Waals surface area contributed by atoms with Gasteiger partial charge in [0.15, 0.2) is 0 Å². The van der Waals surface area contributed by atoms with Crippen LogP contribution in [0, 0.1) is 11.8 Å².